The van der Waals surface area contributed by atoms with Crippen molar-refractivity contribution in [2.45, 2.75) is 44.8 Å². The summed E-state index contributed by atoms with van der Waals surface area (Å²) in [6.07, 6.45) is 3.22. The van der Waals surface area contributed by atoms with Crippen LogP contribution in [0.15, 0.2) is 24.3 Å². The molecule has 1 saturated carbocycles. The molecule has 0 heterocycles. The molecule has 1 aliphatic rings. The summed E-state index contributed by atoms with van der Waals surface area (Å²) in [6, 6.07) is 7.96. The average Bonchev–Trinajstić information content (AvgIpc) is 2.38. The van der Waals surface area contributed by atoms with Crippen molar-refractivity contribution in [2.24, 2.45) is 0 Å². The normalized spacial score (nSPS) is 23.7. The smallest absolute Gasteiger partial charge is 0.254 e. The first-order chi connectivity index (χ1) is 8.59. The second-order valence-corrected chi connectivity index (χ2v) is 5.19. The van der Waals surface area contributed by atoms with Crippen LogP contribution >= 0.6 is 0 Å². The van der Waals surface area contributed by atoms with E-state index in [0.717, 1.165) is 36.8 Å². The first-order valence-corrected chi connectivity index (χ1v) is 6.60. The summed E-state index contributed by atoms with van der Waals surface area (Å²) in [5, 5.41) is 9.51. The number of hydrogen-bond donors (Lipinski definition) is 1. The molecule has 0 bridgehead atoms. The van der Waals surface area contributed by atoms with Gasteiger partial charge in [-0.15, -0.1) is 0 Å². The van der Waals surface area contributed by atoms with Crippen LogP contribution in [0.1, 0.15) is 41.6 Å². The SMILES string of the molecule is Cc1ccccc1C(=O)N(C)C1CCC(O)CC1. The number of carbonyl (C=O) groups is 1. The van der Waals surface area contributed by atoms with Crippen LogP contribution in [0, 0.1) is 6.92 Å². The Bertz CT molecular complexity index is 422. The quantitative estimate of drug-likeness (QED) is 0.871. The Balaban J connectivity index is 2.07. The molecule has 3 nitrogen and oxygen atoms in total. The van der Waals surface area contributed by atoms with Gasteiger partial charge in [0.15, 0.2) is 0 Å². The van der Waals surface area contributed by atoms with Gasteiger partial charge in [0, 0.05) is 18.7 Å². The van der Waals surface area contributed by atoms with E-state index in [4.69, 9.17) is 0 Å². The molecule has 2 rings (SSSR count). The molecule has 3 heteroatoms. The lowest BCUT2D eigenvalue weighted by molar-refractivity contribution is 0.0569. The molecule has 1 N–H and O–H groups in total. The minimum atomic E-state index is -0.178. The highest BCUT2D eigenvalue weighted by atomic mass is 16.3. The molecule has 1 fully saturated rings. The van der Waals surface area contributed by atoms with Crippen molar-refractivity contribution in [2.75, 3.05) is 7.05 Å². The van der Waals surface area contributed by atoms with Gasteiger partial charge in [-0.05, 0) is 44.2 Å². The Morgan fingerprint density at radius 1 is 1.22 bits per heavy atom. The van der Waals surface area contributed by atoms with Gasteiger partial charge >= 0.3 is 0 Å². The van der Waals surface area contributed by atoms with Crippen molar-refractivity contribution < 1.29 is 9.90 Å². The number of hydrogen-bond acceptors (Lipinski definition) is 2. The molecule has 18 heavy (non-hydrogen) atoms. The maximum Gasteiger partial charge on any atom is 0.254 e. The van der Waals surface area contributed by atoms with Gasteiger partial charge in [0.25, 0.3) is 5.91 Å². The fraction of sp³-hybridized carbons (Fsp3) is 0.533. The number of aryl methyl sites for hydroxylation is 1. The van der Waals surface area contributed by atoms with E-state index in [1.165, 1.54) is 0 Å². The Morgan fingerprint density at radius 3 is 2.44 bits per heavy atom. The molecule has 98 valence electrons. The third kappa shape index (κ3) is 2.72. The topological polar surface area (TPSA) is 40.5 Å². The summed E-state index contributed by atoms with van der Waals surface area (Å²) in [4.78, 5) is 14.3. The second kappa shape index (κ2) is 5.53. The molecule has 1 amide bonds. The molecule has 0 radical (unpaired) electrons. The molecule has 0 atom stereocenters. The van der Waals surface area contributed by atoms with Crippen LogP contribution in [0.2, 0.25) is 0 Å². The number of aliphatic hydroxyl groups is 1. The molecule has 0 spiro atoms. The minimum absolute atomic E-state index is 0.0921. The third-order valence-corrected chi connectivity index (χ3v) is 3.91. The Hall–Kier alpha value is -1.35. The van der Waals surface area contributed by atoms with Gasteiger partial charge < -0.3 is 10.0 Å². The van der Waals surface area contributed by atoms with Gasteiger partial charge in [0.05, 0.1) is 6.10 Å². The Morgan fingerprint density at radius 2 is 1.83 bits per heavy atom. The first kappa shape index (κ1) is 13.1. The van der Waals surface area contributed by atoms with Crippen molar-refractivity contribution in [3.05, 3.63) is 35.4 Å². The first-order valence-electron chi connectivity index (χ1n) is 6.60. The van der Waals surface area contributed by atoms with E-state index in [1.807, 2.05) is 43.1 Å². The van der Waals surface area contributed by atoms with E-state index in [1.54, 1.807) is 0 Å². The van der Waals surface area contributed by atoms with Crippen LogP contribution in [-0.2, 0) is 0 Å². The second-order valence-electron chi connectivity index (χ2n) is 5.19. The minimum Gasteiger partial charge on any atom is -0.393 e. The number of aliphatic hydroxyl groups excluding tert-OH is 1. The van der Waals surface area contributed by atoms with Gasteiger partial charge in [-0.1, -0.05) is 18.2 Å². The van der Waals surface area contributed by atoms with Crippen LogP contribution in [0.3, 0.4) is 0 Å². The highest BCUT2D eigenvalue weighted by Crippen LogP contribution is 2.23. The van der Waals surface area contributed by atoms with Gasteiger partial charge in [-0.3, -0.25) is 4.79 Å². The summed E-state index contributed by atoms with van der Waals surface area (Å²) >= 11 is 0. The maximum absolute atomic E-state index is 12.4. The molecule has 1 aliphatic carbocycles. The van der Waals surface area contributed by atoms with Crippen molar-refractivity contribution in [1.82, 2.24) is 4.90 Å². The predicted octanol–water partition coefficient (Wildman–Crippen LogP) is 2.37. The van der Waals surface area contributed by atoms with Crippen molar-refractivity contribution in [3.63, 3.8) is 0 Å². The summed E-state index contributed by atoms with van der Waals surface area (Å²) in [5.41, 5.74) is 1.80. The molecule has 1 aromatic carbocycles. The fourth-order valence-corrected chi connectivity index (χ4v) is 2.61. The number of carbonyl (C=O) groups excluding carboxylic acids is 1. The van der Waals surface area contributed by atoms with Gasteiger partial charge in [-0.2, -0.15) is 0 Å². The lowest BCUT2D eigenvalue weighted by Crippen LogP contribution is -2.40. The van der Waals surface area contributed by atoms with E-state index >= 15 is 0 Å². The summed E-state index contributed by atoms with van der Waals surface area (Å²) in [6.45, 7) is 1.96. The van der Waals surface area contributed by atoms with Gasteiger partial charge in [0.1, 0.15) is 0 Å². The number of benzene rings is 1. The molecule has 0 saturated heterocycles. The van der Waals surface area contributed by atoms with Crippen LogP contribution in [0.4, 0.5) is 0 Å². The molecule has 1 aromatic rings. The fourth-order valence-electron chi connectivity index (χ4n) is 2.61. The zero-order valence-electron chi connectivity index (χ0n) is 11.1. The van der Waals surface area contributed by atoms with Crippen LogP contribution in [0.5, 0.6) is 0 Å². The van der Waals surface area contributed by atoms with Crippen molar-refractivity contribution in [1.29, 1.82) is 0 Å². The number of amides is 1. The monoisotopic (exact) mass is 247 g/mol. The maximum atomic E-state index is 12.4. The highest BCUT2D eigenvalue weighted by molar-refractivity contribution is 5.95. The zero-order valence-corrected chi connectivity index (χ0v) is 11.1. The van der Waals surface area contributed by atoms with E-state index in [-0.39, 0.29) is 18.1 Å². The van der Waals surface area contributed by atoms with Crippen LogP contribution in [-0.4, -0.2) is 35.1 Å². The largest absolute Gasteiger partial charge is 0.393 e. The van der Waals surface area contributed by atoms with Crippen molar-refractivity contribution in [3.8, 4) is 0 Å². The number of nitrogens with zero attached hydrogens (tertiary/aromatic N) is 1. The highest BCUT2D eigenvalue weighted by Gasteiger charge is 2.26. The Labute approximate surface area is 108 Å². The van der Waals surface area contributed by atoms with E-state index in [9.17, 15) is 9.90 Å². The van der Waals surface area contributed by atoms with E-state index in [2.05, 4.69) is 0 Å². The van der Waals surface area contributed by atoms with E-state index < -0.39 is 0 Å². The number of rotatable bonds is 2. The lowest BCUT2D eigenvalue weighted by Gasteiger charge is -2.33. The predicted molar refractivity (Wildman–Crippen MR) is 71.5 cm³/mol. The van der Waals surface area contributed by atoms with E-state index in [0.29, 0.717) is 0 Å². The molecular weight excluding hydrogens is 226 g/mol. The lowest BCUT2D eigenvalue weighted by atomic mass is 9.92. The zero-order chi connectivity index (χ0) is 13.1. The molecule has 0 unspecified atom stereocenters. The summed E-state index contributed by atoms with van der Waals surface area (Å²) in [5.74, 6) is 0.0921. The molecule has 0 aromatic heterocycles. The molecule has 0 aliphatic heterocycles. The summed E-state index contributed by atoms with van der Waals surface area (Å²) < 4.78 is 0. The third-order valence-electron chi connectivity index (χ3n) is 3.91. The van der Waals surface area contributed by atoms with Crippen molar-refractivity contribution >= 4 is 5.91 Å². The molecular formula is C15H21NO2. The summed E-state index contributed by atoms with van der Waals surface area (Å²) in [7, 11) is 1.87. The van der Waals surface area contributed by atoms with Crippen LogP contribution in [0.25, 0.3) is 0 Å². The Kier molecular flexibility index (Phi) is 4.02. The van der Waals surface area contributed by atoms with Gasteiger partial charge in [0.2, 0.25) is 0 Å². The van der Waals surface area contributed by atoms with Crippen LogP contribution < -0.4 is 0 Å². The standard InChI is InChI=1S/C15H21NO2/c1-11-5-3-4-6-14(11)15(18)16(2)12-7-9-13(17)10-8-12/h3-6,12-13,17H,7-10H2,1-2H3. The van der Waals surface area contributed by atoms with Gasteiger partial charge in [-0.25, -0.2) is 0 Å². The average molecular weight is 247 g/mol.